The molecule has 0 bridgehead atoms. The number of carboxylic acid groups (broad SMARTS) is 1. The van der Waals surface area contributed by atoms with E-state index in [1.54, 1.807) is 13.2 Å². The number of hydrogen-bond acceptors (Lipinski definition) is 3. The molecule has 3 unspecified atom stereocenters. The lowest BCUT2D eigenvalue weighted by Crippen LogP contribution is -2.41. The summed E-state index contributed by atoms with van der Waals surface area (Å²) in [6.45, 7) is 3.96. The zero-order chi connectivity index (χ0) is 14.8. The van der Waals surface area contributed by atoms with Gasteiger partial charge in [-0.3, -0.25) is 9.00 Å². The van der Waals surface area contributed by atoms with E-state index in [4.69, 9.17) is 5.11 Å². The predicted molar refractivity (Wildman–Crippen MR) is 75.6 cm³/mol. The topological polar surface area (TPSA) is 95.5 Å². The maximum absolute atomic E-state index is 11.5. The Kier molecular flexibility index (Phi) is 9.20. The quantitative estimate of drug-likeness (QED) is 0.551. The van der Waals surface area contributed by atoms with Gasteiger partial charge in [-0.1, -0.05) is 6.92 Å². The molecule has 0 radical (unpaired) electrons. The fourth-order valence-corrected chi connectivity index (χ4v) is 2.11. The maximum atomic E-state index is 11.5. The minimum Gasteiger partial charge on any atom is -0.481 e. The van der Waals surface area contributed by atoms with Crippen LogP contribution in [0.5, 0.6) is 0 Å². The Morgan fingerprint density at radius 1 is 1.26 bits per heavy atom. The number of hydrogen-bond donors (Lipinski definition) is 3. The molecule has 0 saturated heterocycles. The predicted octanol–water partition coefficient (Wildman–Crippen LogP) is 0.944. The Labute approximate surface area is 116 Å². The van der Waals surface area contributed by atoms with Crippen LogP contribution in [0.15, 0.2) is 0 Å². The molecule has 0 aromatic rings. The first-order valence-electron chi connectivity index (χ1n) is 6.40. The fraction of sp³-hybridized carbons (Fsp3) is 0.833. The second kappa shape index (κ2) is 9.77. The Morgan fingerprint density at radius 3 is 2.42 bits per heavy atom. The number of amides is 2. The largest absolute Gasteiger partial charge is 0.481 e. The monoisotopic (exact) mass is 292 g/mol. The van der Waals surface area contributed by atoms with Crippen molar-refractivity contribution in [2.45, 2.75) is 39.2 Å². The SMILES string of the molecule is CC(CCS(C)=O)NC(=O)NCCCC(C)C(=O)O. The summed E-state index contributed by atoms with van der Waals surface area (Å²) < 4.78 is 10.9. The summed E-state index contributed by atoms with van der Waals surface area (Å²) >= 11 is 0. The van der Waals surface area contributed by atoms with E-state index in [1.807, 2.05) is 6.92 Å². The molecule has 0 heterocycles. The highest BCUT2D eigenvalue weighted by Crippen LogP contribution is 2.04. The maximum Gasteiger partial charge on any atom is 0.314 e. The van der Waals surface area contributed by atoms with Crippen molar-refractivity contribution in [1.29, 1.82) is 0 Å². The minimum absolute atomic E-state index is 0.0261. The summed E-state index contributed by atoms with van der Waals surface area (Å²) in [6.07, 6.45) is 3.48. The number of aliphatic carboxylic acids is 1. The van der Waals surface area contributed by atoms with Gasteiger partial charge in [0.1, 0.15) is 0 Å². The molecule has 112 valence electrons. The van der Waals surface area contributed by atoms with Gasteiger partial charge < -0.3 is 15.7 Å². The van der Waals surface area contributed by atoms with Crippen LogP contribution in [0.1, 0.15) is 33.1 Å². The van der Waals surface area contributed by atoms with Gasteiger partial charge >= 0.3 is 12.0 Å². The van der Waals surface area contributed by atoms with E-state index in [0.717, 1.165) is 0 Å². The van der Waals surface area contributed by atoms with Crippen molar-refractivity contribution in [3.63, 3.8) is 0 Å². The highest BCUT2D eigenvalue weighted by molar-refractivity contribution is 7.84. The van der Waals surface area contributed by atoms with Crippen LogP contribution in [0, 0.1) is 5.92 Å². The van der Waals surface area contributed by atoms with Gasteiger partial charge in [0, 0.05) is 35.4 Å². The minimum atomic E-state index is -0.845. The van der Waals surface area contributed by atoms with E-state index < -0.39 is 16.8 Å². The second-order valence-corrected chi connectivity index (χ2v) is 6.30. The van der Waals surface area contributed by atoms with Crippen molar-refractivity contribution in [2.24, 2.45) is 5.92 Å². The number of carbonyl (C=O) groups excluding carboxylic acids is 1. The van der Waals surface area contributed by atoms with Crippen molar-refractivity contribution < 1.29 is 18.9 Å². The first kappa shape index (κ1) is 17.9. The fourth-order valence-electron chi connectivity index (χ4n) is 1.42. The number of carboxylic acids is 1. The zero-order valence-electron chi connectivity index (χ0n) is 11.8. The molecule has 3 atom stereocenters. The molecular weight excluding hydrogens is 268 g/mol. The summed E-state index contributed by atoms with van der Waals surface area (Å²) in [5.41, 5.74) is 0. The van der Waals surface area contributed by atoms with Gasteiger partial charge in [0.25, 0.3) is 0 Å². The molecule has 0 aliphatic carbocycles. The van der Waals surface area contributed by atoms with Crippen LogP contribution in [-0.2, 0) is 15.6 Å². The average molecular weight is 292 g/mol. The number of nitrogens with one attached hydrogen (secondary N) is 2. The molecule has 7 heteroatoms. The molecule has 0 rings (SSSR count). The third-order valence-electron chi connectivity index (χ3n) is 2.74. The first-order chi connectivity index (χ1) is 8.82. The normalized spacial score (nSPS) is 15.3. The molecule has 0 aromatic carbocycles. The summed E-state index contributed by atoms with van der Waals surface area (Å²) in [5, 5.41) is 14.1. The van der Waals surface area contributed by atoms with Gasteiger partial charge in [-0.25, -0.2) is 4.79 Å². The second-order valence-electron chi connectivity index (χ2n) is 4.75. The van der Waals surface area contributed by atoms with Crippen LogP contribution in [0.3, 0.4) is 0 Å². The van der Waals surface area contributed by atoms with Gasteiger partial charge in [0.05, 0.1) is 5.92 Å². The lowest BCUT2D eigenvalue weighted by Gasteiger charge is -2.14. The highest BCUT2D eigenvalue weighted by Gasteiger charge is 2.11. The first-order valence-corrected chi connectivity index (χ1v) is 8.12. The molecule has 6 nitrogen and oxygen atoms in total. The molecule has 0 aliphatic heterocycles. The number of carbonyl (C=O) groups is 2. The van der Waals surface area contributed by atoms with Gasteiger partial charge in [0.15, 0.2) is 0 Å². The molecular formula is C12H24N2O4S. The molecule has 0 saturated carbocycles. The summed E-state index contributed by atoms with van der Waals surface area (Å²) in [6, 6.07) is -0.292. The van der Waals surface area contributed by atoms with Crippen LogP contribution in [0.25, 0.3) is 0 Å². The van der Waals surface area contributed by atoms with E-state index >= 15 is 0 Å². The number of urea groups is 1. The van der Waals surface area contributed by atoms with Gasteiger partial charge in [-0.05, 0) is 26.2 Å². The molecule has 0 aliphatic rings. The average Bonchev–Trinajstić information content (AvgIpc) is 2.31. The van der Waals surface area contributed by atoms with Gasteiger partial charge in [0.2, 0.25) is 0 Å². The third-order valence-corrected chi connectivity index (χ3v) is 3.55. The van der Waals surface area contributed by atoms with Crippen molar-refractivity contribution in [2.75, 3.05) is 18.6 Å². The Hall–Kier alpha value is -1.11. The van der Waals surface area contributed by atoms with Crippen molar-refractivity contribution in [3.05, 3.63) is 0 Å². The lowest BCUT2D eigenvalue weighted by molar-refractivity contribution is -0.141. The van der Waals surface area contributed by atoms with Crippen LogP contribution < -0.4 is 10.6 Å². The summed E-state index contributed by atoms with van der Waals surface area (Å²) in [4.78, 5) is 22.0. The zero-order valence-corrected chi connectivity index (χ0v) is 12.6. The van der Waals surface area contributed by atoms with Crippen molar-refractivity contribution in [3.8, 4) is 0 Å². The third kappa shape index (κ3) is 10.5. The lowest BCUT2D eigenvalue weighted by atomic mass is 10.1. The van der Waals surface area contributed by atoms with Crippen LogP contribution in [0.4, 0.5) is 4.79 Å². The smallest absolute Gasteiger partial charge is 0.314 e. The van der Waals surface area contributed by atoms with Gasteiger partial charge in [-0.15, -0.1) is 0 Å². The molecule has 19 heavy (non-hydrogen) atoms. The molecule has 2 amide bonds. The number of rotatable bonds is 9. The Morgan fingerprint density at radius 2 is 1.89 bits per heavy atom. The van der Waals surface area contributed by atoms with Crippen LogP contribution in [0.2, 0.25) is 0 Å². The van der Waals surface area contributed by atoms with Crippen molar-refractivity contribution in [1.82, 2.24) is 10.6 Å². The molecule has 0 fully saturated rings. The molecule has 0 aromatic heterocycles. The summed E-state index contributed by atoms with van der Waals surface area (Å²) in [7, 11) is -0.845. The van der Waals surface area contributed by atoms with Crippen LogP contribution >= 0.6 is 0 Å². The van der Waals surface area contributed by atoms with E-state index in [0.29, 0.717) is 31.6 Å². The van der Waals surface area contributed by atoms with E-state index in [9.17, 15) is 13.8 Å². The van der Waals surface area contributed by atoms with E-state index in [2.05, 4.69) is 10.6 Å². The van der Waals surface area contributed by atoms with E-state index in [1.165, 1.54) is 0 Å². The van der Waals surface area contributed by atoms with E-state index in [-0.39, 0.29) is 18.0 Å². The van der Waals surface area contributed by atoms with Gasteiger partial charge in [-0.2, -0.15) is 0 Å². The Bertz CT molecular complexity index is 323. The Balaban J connectivity index is 3.64. The summed E-state index contributed by atoms with van der Waals surface area (Å²) in [5.74, 6) is -0.633. The molecule has 3 N–H and O–H groups in total. The van der Waals surface area contributed by atoms with Crippen molar-refractivity contribution >= 4 is 22.8 Å². The highest BCUT2D eigenvalue weighted by atomic mass is 32.2. The van der Waals surface area contributed by atoms with Crippen LogP contribution in [-0.4, -0.2) is 45.9 Å². The standard InChI is InChI=1S/C12H24N2O4S/c1-9(11(15)16)5-4-7-13-12(17)14-10(2)6-8-19(3)18/h9-10H,4-8H2,1-3H3,(H,15,16)(H2,13,14,17). The molecule has 0 spiro atoms.